The molecule has 0 aliphatic carbocycles. The zero-order valence-corrected chi connectivity index (χ0v) is 29.3. The number of hydrogen-bond acceptors (Lipinski definition) is 3. The summed E-state index contributed by atoms with van der Waals surface area (Å²) in [5.74, 6) is -0.638. The second kappa shape index (κ2) is 35.4. The predicted octanol–water partition coefficient (Wildman–Crippen LogP) is 13.3. The number of carboxylic acids is 1. The Labute approximate surface area is 269 Å². The first-order valence-electron chi connectivity index (χ1n) is 19.5. The van der Waals surface area contributed by atoms with E-state index < -0.39 is 5.97 Å². The van der Waals surface area contributed by atoms with E-state index in [4.69, 9.17) is 9.84 Å². The van der Waals surface area contributed by atoms with Crippen molar-refractivity contribution in [2.24, 2.45) is 0 Å². The first-order valence-corrected chi connectivity index (χ1v) is 19.5. The van der Waals surface area contributed by atoms with Crippen molar-refractivity contribution < 1.29 is 19.4 Å². The number of carbonyl (C=O) groups excluding carboxylic acids is 1. The highest BCUT2D eigenvalue weighted by Gasteiger charge is 2.14. The molecule has 0 fully saturated rings. The average molecular weight is 609 g/mol. The maximum absolute atomic E-state index is 12.6. The highest BCUT2D eigenvalue weighted by Crippen LogP contribution is 2.19. The monoisotopic (exact) mass is 609 g/mol. The molecular weight excluding hydrogens is 532 g/mol. The molecule has 1 unspecified atom stereocenters. The van der Waals surface area contributed by atoms with Crippen LogP contribution in [0.3, 0.4) is 0 Å². The van der Waals surface area contributed by atoms with Gasteiger partial charge in [-0.25, -0.2) is 0 Å². The third-order valence-electron chi connectivity index (χ3n) is 9.08. The van der Waals surface area contributed by atoms with E-state index in [1.807, 2.05) is 0 Å². The van der Waals surface area contributed by atoms with Gasteiger partial charge >= 0.3 is 11.9 Å². The molecule has 0 saturated carbocycles. The molecule has 0 amide bonds. The molecule has 0 saturated heterocycles. The minimum Gasteiger partial charge on any atom is -0.481 e. The van der Waals surface area contributed by atoms with Crippen LogP contribution < -0.4 is 0 Å². The molecule has 0 spiro atoms. The summed E-state index contributed by atoms with van der Waals surface area (Å²) in [5.41, 5.74) is 0. The molecule has 0 aromatic heterocycles. The van der Waals surface area contributed by atoms with Gasteiger partial charge in [-0.1, -0.05) is 181 Å². The van der Waals surface area contributed by atoms with E-state index in [1.54, 1.807) is 0 Å². The summed E-state index contributed by atoms with van der Waals surface area (Å²) in [6.45, 7) is 4.55. The lowest BCUT2D eigenvalue weighted by molar-refractivity contribution is -0.150. The fraction of sp³-hybridized carbons (Fsp3) is 0.949. The highest BCUT2D eigenvalue weighted by molar-refractivity contribution is 5.69. The first kappa shape index (κ1) is 41.9. The largest absolute Gasteiger partial charge is 0.481 e. The van der Waals surface area contributed by atoms with E-state index in [-0.39, 0.29) is 12.1 Å². The molecule has 4 heteroatoms. The van der Waals surface area contributed by atoms with Crippen molar-refractivity contribution in [3.8, 4) is 0 Å². The quantitative estimate of drug-likeness (QED) is 0.0567. The highest BCUT2D eigenvalue weighted by atomic mass is 16.5. The van der Waals surface area contributed by atoms with Gasteiger partial charge in [-0.15, -0.1) is 0 Å². The molecule has 0 heterocycles. The van der Waals surface area contributed by atoms with Gasteiger partial charge in [-0.05, 0) is 38.5 Å². The first-order chi connectivity index (χ1) is 21.1. The van der Waals surface area contributed by atoms with Crippen LogP contribution in [0.15, 0.2) is 0 Å². The van der Waals surface area contributed by atoms with Gasteiger partial charge in [0.15, 0.2) is 0 Å². The number of carboxylic acid groups (broad SMARTS) is 1. The van der Waals surface area contributed by atoms with Gasteiger partial charge < -0.3 is 9.84 Å². The molecule has 0 aromatic carbocycles. The molecule has 0 aromatic rings. The van der Waals surface area contributed by atoms with Crippen LogP contribution in [0.2, 0.25) is 0 Å². The Morgan fingerprint density at radius 1 is 0.419 bits per heavy atom. The van der Waals surface area contributed by atoms with Crippen molar-refractivity contribution in [2.75, 3.05) is 0 Å². The molecule has 1 N–H and O–H groups in total. The van der Waals surface area contributed by atoms with E-state index in [1.165, 1.54) is 154 Å². The van der Waals surface area contributed by atoms with Crippen LogP contribution in [-0.4, -0.2) is 23.1 Å². The molecule has 0 radical (unpaired) electrons. The van der Waals surface area contributed by atoms with Crippen molar-refractivity contribution in [2.45, 2.75) is 238 Å². The Kier molecular flexibility index (Phi) is 34.5. The zero-order valence-electron chi connectivity index (χ0n) is 29.3. The van der Waals surface area contributed by atoms with Crippen molar-refractivity contribution in [1.29, 1.82) is 0 Å². The zero-order chi connectivity index (χ0) is 31.5. The summed E-state index contributed by atoms with van der Waals surface area (Å²) in [5, 5.41) is 8.72. The minimum absolute atomic E-state index is 0.0368. The van der Waals surface area contributed by atoms with Crippen LogP contribution in [-0.2, 0) is 14.3 Å². The molecule has 0 aliphatic rings. The summed E-state index contributed by atoms with van der Waals surface area (Å²) >= 11 is 0. The molecule has 1 atom stereocenters. The second-order valence-corrected chi connectivity index (χ2v) is 13.5. The van der Waals surface area contributed by atoms with Crippen LogP contribution in [0.4, 0.5) is 0 Å². The summed E-state index contributed by atoms with van der Waals surface area (Å²) in [7, 11) is 0. The number of ether oxygens (including phenoxy) is 1. The average Bonchev–Trinajstić information content (AvgIpc) is 2.99. The molecule has 0 aliphatic heterocycles. The second-order valence-electron chi connectivity index (χ2n) is 13.5. The molecular formula is C39H76O4. The van der Waals surface area contributed by atoms with E-state index in [0.29, 0.717) is 12.8 Å². The SMILES string of the molecule is CCCCCCCCCCCCCCCCC(=O)OC(CCCCCCCCC)CCCCCCCCCCCC(=O)O. The van der Waals surface area contributed by atoms with Crippen LogP contribution in [0.25, 0.3) is 0 Å². The van der Waals surface area contributed by atoms with Gasteiger partial charge in [0.25, 0.3) is 0 Å². The lowest BCUT2D eigenvalue weighted by Gasteiger charge is -2.18. The number of carbonyl (C=O) groups is 2. The Morgan fingerprint density at radius 2 is 0.698 bits per heavy atom. The van der Waals surface area contributed by atoms with Crippen LogP contribution in [0, 0.1) is 0 Å². The summed E-state index contributed by atoms with van der Waals surface area (Å²) in [6, 6.07) is 0. The standard InChI is InChI=1S/C39H76O4/c1-3-5-7-9-11-12-13-14-15-16-20-24-28-32-36-39(42)43-37(33-29-25-21-10-8-6-4-2)34-30-26-22-18-17-19-23-27-31-35-38(40)41/h37H,3-36H2,1-2H3,(H,40,41). The minimum atomic E-state index is -0.675. The number of unbranched alkanes of at least 4 members (excludes halogenated alkanes) is 27. The van der Waals surface area contributed by atoms with E-state index in [2.05, 4.69) is 13.8 Å². The van der Waals surface area contributed by atoms with Gasteiger partial charge in [0, 0.05) is 12.8 Å². The molecule has 0 rings (SSSR count). The van der Waals surface area contributed by atoms with Crippen molar-refractivity contribution in [3.05, 3.63) is 0 Å². The number of hydrogen-bond donors (Lipinski definition) is 1. The van der Waals surface area contributed by atoms with Crippen molar-refractivity contribution in [3.63, 3.8) is 0 Å². The van der Waals surface area contributed by atoms with Gasteiger partial charge in [0.05, 0.1) is 0 Å². The maximum Gasteiger partial charge on any atom is 0.306 e. The van der Waals surface area contributed by atoms with Gasteiger partial charge in [0.1, 0.15) is 6.10 Å². The molecule has 0 bridgehead atoms. The fourth-order valence-electron chi connectivity index (χ4n) is 6.19. The topological polar surface area (TPSA) is 63.6 Å². The van der Waals surface area contributed by atoms with E-state index in [9.17, 15) is 9.59 Å². The Bertz CT molecular complexity index is 576. The van der Waals surface area contributed by atoms with Crippen molar-refractivity contribution >= 4 is 11.9 Å². The number of esters is 1. The number of aliphatic carboxylic acids is 1. The Balaban J connectivity index is 3.94. The third kappa shape index (κ3) is 35.3. The smallest absolute Gasteiger partial charge is 0.306 e. The Hall–Kier alpha value is -1.06. The third-order valence-corrected chi connectivity index (χ3v) is 9.08. The van der Waals surface area contributed by atoms with Crippen LogP contribution in [0.5, 0.6) is 0 Å². The Morgan fingerprint density at radius 3 is 1.02 bits per heavy atom. The van der Waals surface area contributed by atoms with Crippen LogP contribution in [0.1, 0.15) is 232 Å². The summed E-state index contributed by atoms with van der Waals surface area (Å²) in [6.07, 6.45) is 41.3. The summed E-state index contributed by atoms with van der Waals surface area (Å²) < 4.78 is 6.03. The van der Waals surface area contributed by atoms with Crippen molar-refractivity contribution in [1.82, 2.24) is 0 Å². The van der Waals surface area contributed by atoms with Gasteiger partial charge in [-0.2, -0.15) is 0 Å². The molecule has 4 nitrogen and oxygen atoms in total. The fourth-order valence-corrected chi connectivity index (χ4v) is 6.19. The van der Waals surface area contributed by atoms with Crippen LogP contribution >= 0.6 is 0 Å². The van der Waals surface area contributed by atoms with E-state index >= 15 is 0 Å². The number of rotatable bonds is 36. The van der Waals surface area contributed by atoms with E-state index in [0.717, 1.165) is 51.4 Å². The lowest BCUT2D eigenvalue weighted by atomic mass is 10.0. The molecule has 256 valence electrons. The van der Waals surface area contributed by atoms with Gasteiger partial charge in [0.2, 0.25) is 0 Å². The normalized spacial score (nSPS) is 12.0. The maximum atomic E-state index is 12.6. The predicted molar refractivity (Wildman–Crippen MR) is 186 cm³/mol. The van der Waals surface area contributed by atoms with Gasteiger partial charge in [-0.3, -0.25) is 9.59 Å². The summed E-state index contributed by atoms with van der Waals surface area (Å²) in [4.78, 5) is 23.2. The molecule has 43 heavy (non-hydrogen) atoms. The lowest BCUT2D eigenvalue weighted by Crippen LogP contribution is -2.18.